The van der Waals surface area contributed by atoms with Gasteiger partial charge in [0, 0.05) is 25.6 Å². The molecule has 0 nitrogen and oxygen atoms in total. The summed E-state index contributed by atoms with van der Waals surface area (Å²) in [5.74, 6) is 0. The Kier molecular flexibility index (Phi) is 2.80. The van der Waals surface area contributed by atoms with Gasteiger partial charge in [0.05, 0.1) is 0 Å². The van der Waals surface area contributed by atoms with E-state index >= 15 is 0 Å². The zero-order chi connectivity index (χ0) is 14.4. The largest absolute Gasteiger partial charge is 0.135 e. The Hall–Kier alpha value is -1.86. The van der Waals surface area contributed by atoms with Crippen LogP contribution in [0.1, 0.15) is 25.8 Å². The third-order valence-corrected chi connectivity index (χ3v) is 5.72. The van der Waals surface area contributed by atoms with Crippen LogP contribution in [0.3, 0.4) is 0 Å². The molecule has 0 saturated carbocycles. The van der Waals surface area contributed by atoms with E-state index in [4.69, 9.17) is 0 Å². The van der Waals surface area contributed by atoms with Crippen LogP contribution in [0, 0.1) is 0 Å². The van der Waals surface area contributed by atoms with E-state index in [1.807, 2.05) is 11.3 Å². The second-order valence-corrected chi connectivity index (χ2v) is 7.26. The Balaban J connectivity index is 2.03. The Labute approximate surface area is 129 Å². The van der Waals surface area contributed by atoms with Gasteiger partial charge >= 0.3 is 0 Å². The highest BCUT2D eigenvalue weighted by Crippen LogP contribution is 2.43. The van der Waals surface area contributed by atoms with Gasteiger partial charge in [-0.2, -0.15) is 0 Å². The molecule has 104 valence electrons. The highest BCUT2D eigenvalue weighted by molar-refractivity contribution is 7.25. The average Bonchev–Trinajstić information content (AvgIpc) is 2.89. The highest BCUT2D eigenvalue weighted by atomic mass is 32.1. The number of allylic oxidation sites excluding steroid dienone is 4. The lowest BCUT2D eigenvalue weighted by Gasteiger charge is -2.29. The predicted octanol–water partition coefficient (Wildman–Crippen LogP) is 6.22. The molecule has 0 radical (unpaired) electrons. The average molecular weight is 290 g/mol. The van der Waals surface area contributed by atoms with E-state index in [0.29, 0.717) is 0 Å². The van der Waals surface area contributed by atoms with E-state index in [9.17, 15) is 0 Å². The maximum absolute atomic E-state index is 2.38. The molecule has 0 fully saturated rings. The molecule has 1 heteroatoms. The highest BCUT2D eigenvalue weighted by Gasteiger charge is 2.27. The zero-order valence-corrected chi connectivity index (χ0v) is 13.2. The monoisotopic (exact) mass is 290 g/mol. The molecule has 0 bridgehead atoms. The number of hydrogen-bond donors (Lipinski definition) is 0. The van der Waals surface area contributed by atoms with Crippen LogP contribution in [-0.4, -0.2) is 0 Å². The van der Waals surface area contributed by atoms with Gasteiger partial charge in [0.25, 0.3) is 0 Å². The van der Waals surface area contributed by atoms with Crippen molar-refractivity contribution in [2.75, 3.05) is 0 Å². The Morgan fingerprint density at radius 2 is 1.81 bits per heavy atom. The van der Waals surface area contributed by atoms with Gasteiger partial charge < -0.3 is 0 Å². The summed E-state index contributed by atoms with van der Waals surface area (Å²) in [6.45, 7) is 4.53. The lowest BCUT2D eigenvalue weighted by Crippen LogP contribution is -2.20. The topological polar surface area (TPSA) is 0 Å². The molecule has 1 heterocycles. The molecule has 0 aliphatic heterocycles. The summed E-state index contributed by atoms with van der Waals surface area (Å²) in [7, 11) is 0. The Morgan fingerprint density at radius 1 is 1.00 bits per heavy atom. The zero-order valence-electron chi connectivity index (χ0n) is 12.4. The van der Waals surface area contributed by atoms with Gasteiger partial charge in [-0.05, 0) is 31.0 Å². The van der Waals surface area contributed by atoms with Gasteiger partial charge in [-0.25, -0.2) is 0 Å². The second-order valence-electron chi connectivity index (χ2n) is 6.18. The smallest absolute Gasteiger partial charge is 0.0358 e. The first kappa shape index (κ1) is 12.8. The summed E-state index contributed by atoms with van der Waals surface area (Å²) in [6.07, 6.45) is 8.08. The van der Waals surface area contributed by atoms with Crippen molar-refractivity contribution in [1.29, 1.82) is 0 Å². The van der Waals surface area contributed by atoms with E-state index in [0.717, 1.165) is 6.42 Å². The van der Waals surface area contributed by atoms with Crippen LogP contribution >= 0.6 is 11.3 Å². The molecule has 1 unspecified atom stereocenters. The fourth-order valence-electron chi connectivity index (χ4n) is 3.27. The lowest BCUT2D eigenvalue weighted by molar-refractivity contribution is 0.602. The van der Waals surface area contributed by atoms with Crippen molar-refractivity contribution >= 4 is 31.5 Å². The fourth-order valence-corrected chi connectivity index (χ4v) is 4.41. The van der Waals surface area contributed by atoms with Gasteiger partial charge in [-0.15, -0.1) is 11.3 Å². The van der Waals surface area contributed by atoms with E-state index in [2.05, 4.69) is 74.5 Å². The van der Waals surface area contributed by atoms with Crippen molar-refractivity contribution in [3.05, 3.63) is 71.8 Å². The SMILES string of the molecule is CC1=CCC(C)(c2cccc3sc4ccccc4c23)C=C1. The summed E-state index contributed by atoms with van der Waals surface area (Å²) in [4.78, 5) is 0. The van der Waals surface area contributed by atoms with E-state index in [1.54, 1.807) is 0 Å². The number of thiophene rings is 1. The van der Waals surface area contributed by atoms with Crippen molar-refractivity contribution in [2.45, 2.75) is 25.7 Å². The van der Waals surface area contributed by atoms with Gasteiger partial charge in [-0.3, -0.25) is 0 Å². The van der Waals surface area contributed by atoms with Crippen LogP contribution in [0.15, 0.2) is 66.3 Å². The number of fused-ring (bicyclic) bond motifs is 3. The molecule has 0 spiro atoms. The van der Waals surface area contributed by atoms with Gasteiger partial charge in [-0.1, -0.05) is 61.1 Å². The fraction of sp³-hybridized carbons (Fsp3) is 0.200. The number of rotatable bonds is 1. The molecule has 1 aromatic heterocycles. The standard InChI is InChI=1S/C20H18S/c1-14-10-12-20(2,13-11-14)16-7-5-9-18-19(16)15-6-3-4-8-17(15)21-18/h3-12H,13H2,1-2H3. The van der Waals surface area contributed by atoms with Crippen LogP contribution in [0.5, 0.6) is 0 Å². The molecule has 2 aromatic carbocycles. The van der Waals surface area contributed by atoms with Crippen molar-refractivity contribution < 1.29 is 0 Å². The minimum atomic E-state index is 0.100. The summed E-state index contributed by atoms with van der Waals surface area (Å²) in [6, 6.07) is 15.5. The predicted molar refractivity (Wildman–Crippen MR) is 94.2 cm³/mol. The normalized spacial score (nSPS) is 21.9. The number of hydrogen-bond acceptors (Lipinski definition) is 1. The molecular weight excluding hydrogens is 272 g/mol. The van der Waals surface area contributed by atoms with Gasteiger partial charge in [0.1, 0.15) is 0 Å². The quantitative estimate of drug-likeness (QED) is 0.499. The van der Waals surface area contributed by atoms with E-state index < -0.39 is 0 Å². The van der Waals surface area contributed by atoms with Crippen LogP contribution in [-0.2, 0) is 5.41 Å². The molecule has 1 aliphatic carbocycles. The molecular formula is C20H18S. The lowest BCUT2D eigenvalue weighted by atomic mass is 9.75. The third-order valence-electron chi connectivity index (χ3n) is 4.58. The minimum absolute atomic E-state index is 0.100. The first-order valence-electron chi connectivity index (χ1n) is 7.44. The molecule has 0 N–H and O–H groups in total. The first-order valence-corrected chi connectivity index (χ1v) is 8.26. The van der Waals surface area contributed by atoms with Crippen LogP contribution in [0.25, 0.3) is 20.2 Å². The van der Waals surface area contributed by atoms with Crippen LogP contribution in [0.4, 0.5) is 0 Å². The molecule has 0 saturated heterocycles. The van der Waals surface area contributed by atoms with Crippen molar-refractivity contribution in [3.8, 4) is 0 Å². The first-order chi connectivity index (χ1) is 10.2. The minimum Gasteiger partial charge on any atom is -0.135 e. The Bertz CT molecular complexity index is 894. The molecule has 3 aromatic rings. The Morgan fingerprint density at radius 3 is 2.62 bits per heavy atom. The summed E-state index contributed by atoms with van der Waals surface area (Å²) < 4.78 is 2.78. The van der Waals surface area contributed by atoms with Gasteiger partial charge in [0.2, 0.25) is 0 Å². The maximum atomic E-state index is 2.38. The van der Waals surface area contributed by atoms with Crippen molar-refractivity contribution in [1.82, 2.24) is 0 Å². The molecule has 0 amide bonds. The van der Waals surface area contributed by atoms with Crippen molar-refractivity contribution in [3.63, 3.8) is 0 Å². The molecule has 1 aliphatic rings. The number of benzene rings is 2. The molecule has 1 atom stereocenters. The van der Waals surface area contributed by atoms with E-state index in [1.165, 1.54) is 31.3 Å². The third kappa shape index (κ3) is 1.96. The molecule has 4 rings (SSSR count). The van der Waals surface area contributed by atoms with E-state index in [-0.39, 0.29) is 5.41 Å². The second kappa shape index (κ2) is 4.57. The summed E-state index contributed by atoms with van der Waals surface area (Å²) in [5, 5.41) is 2.84. The van der Waals surface area contributed by atoms with Gasteiger partial charge in [0.15, 0.2) is 0 Å². The van der Waals surface area contributed by atoms with Crippen LogP contribution in [0.2, 0.25) is 0 Å². The van der Waals surface area contributed by atoms with Crippen molar-refractivity contribution in [2.24, 2.45) is 0 Å². The maximum Gasteiger partial charge on any atom is 0.0358 e. The molecule has 21 heavy (non-hydrogen) atoms. The summed E-state index contributed by atoms with van der Waals surface area (Å²) >= 11 is 1.90. The summed E-state index contributed by atoms with van der Waals surface area (Å²) in [5.41, 5.74) is 2.93. The van der Waals surface area contributed by atoms with Crippen LogP contribution < -0.4 is 0 Å².